The van der Waals surface area contributed by atoms with Crippen molar-refractivity contribution in [2.45, 2.75) is 54.0 Å². The first-order valence-electron chi connectivity index (χ1n) is 11.0. The molecule has 1 rings (SSSR count). The van der Waals surface area contributed by atoms with Crippen molar-refractivity contribution in [3.63, 3.8) is 0 Å². The topological polar surface area (TPSA) is 64.6 Å². The van der Waals surface area contributed by atoms with Crippen molar-refractivity contribution < 1.29 is 31.3 Å². The van der Waals surface area contributed by atoms with E-state index in [9.17, 15) is 0 Å². The van der Waals surface area contributed by atoms with Gasteiger partial charge in [0.15, 0.2) is 0 Å². The number of ether oxygens (including phenoxy) is 1. The van der Waals surface area contributed by atoms with Crippen LogP contribution >= 0.6 is 0 Å². The van der Waals surface area contributed by atoms with Gasteiger partial charge in [-0.15, -0.1) is 0 Å². The average molecular weight is 461 g/mol. The van der Waals surface area contributed by atoms with Crippen LogP contribution in [0.15, 0.2) is 18.2 Å². The molecule has 0 fully saturated rings. The zero-order valence-corrected chi connectivity index (χ0v) is 21.7. The Morgan fingerprint density at radius 2 is 1.13 bits per heavy atom. The monoisotopic (exact) mass is 460 g/mol. The normalized spacial score (nSPS) is 12.4. The van der Waals surface area contributed by atoms with Crippen LogP contribution in [0.2, 0.25) is 6.04 Å². The number of hydrogen-bond donors (Lipinski definition) is 0. The van der Waals surface area contributed by atoms with Crippen LogP contribution in [0.25, 0.3) is 0 Å². The van der Waals surface area contributed by atoms with Crippen molar-refractivity contribution in [2.75, 3.05) is 46.8 Å². The third kappa shape index (κ3) is 7.42. The fourth-order valence-electron chi connectivity index (χ4n) is 3.38. The van der Waals surface area contributed by atoms with E-state index in [1.807, 2.05) is 53.7 Å². The molecule has 0 atom stereocenters. The summed E-state index contributed by atoms with van der Waals surface area (Å²) < 4.78 is 41.9. The largest absolute Gasteiger partial charge is 0.541 e. The highest BCUT2D eigenvalue weighted by atomic mass is 28.4. The van der Waals surface area contributed by atoms with Gasteiger partial charge in [-0.1, -0.05) is 6.07 Å². The minimum absolute atomic E-state index is 0.495. The Morgan fingerprint density at radius 3 is 1.53 bits per heavy atom. The highest BCUT2D eigenvalue weighted by molar-refractivity contribution is 6.76. The molecule has 30 heavy (non-hydrogen) atoms. The fourth-order valence-corrected chi connectivity index (χ4v) is 8.68. The molecular formula is C21H40O7Si2. The SMILES string of the molecule is CCO[Si](CCc1ccc(OC)c([Si](OCC)(OCC)OCC)c1)(OCC)OCC. The van der Waals surface area contributed by atoms with E-state index in [0.29, 0.717) is 51.4 Å². The van der Waals surface area contributed by atoms with Gasteiger partial charge < -0.3 is 31.3 Å². The minimum Gasteiger partial charge on any atom is -0.497 e. The molecule has 174 valence electrons. The van der Waals surface area contributed by atoms with Gasteiger partial charge in [-0.3, -0.25) is 0 Å². The van der Waals surface area contributed by atoms with Crippen LogP contribution in [-0.2, 0) is 33.0 Å². The van der Waals surface area contributed by atoms with E-state index in [1.165, 1.54) is 0 Å². The highest BCUT2D eigenvalue weighted by Gasteiger charge is 2.46. The van der Waals surface area contributed by atoms with Gasteiger partial charge in [0.1, 0.15) is 5.75 Å². The Bertz CT molecular complexity index is 567. The molecule has 9 heteroatoms. The average Bonchev–Trinajstić information content (AvgIpc) is 2.73. The number of rotatable bonds is 17. The lowest BCUT2D eigenvalue weighted by molar-refractivity contribution is 0.0714. The third-order valence-electron chi connectivity index (χ3n) is 4.41. The van der Waals surface area contributed by atoms with E-state index in [2.05, 4.69) is 6.07 Å². The van der Waals surface area contributed by atoms with Crippen LogP contribution in [0.4, 0.5) is 0 Å². The van der Waals surface area contributed by atoms with Crippen molar-refractivity contribution >= 4 is 22.8 Å². The van der Waals surface area contributed by atoms with E-state index in [0.717, 1.165) is 17.2 Å². The number of hydrogen-bond acceptors (Lipinski definition) is 7. The zero-order chi connectivity index (χ0) is 22.5. The van der Waals surface area contributed by atoms with Crippen LogP contribution in [-0.4, -0.2) is 64.4 Å². The molecule has 0 N–H and O–H groups in total. The molecular weight excluding hydrogens is 420 g/mol. The van der Waals surface area contributed by atoms with Gasteiger partial charge in [0.05, 0.1) is 12.3 Å². The summed E-state index contributed by atoms with van der Waals surface area (Å²) in [5.41, 5.74) is 1.11. The lowest BCUT2D eigenvalue weighted by atomic mass is 10.2. The maximum absolute atomic E-state index is 6.10. The molecule has 0 heterocycles. The minimum atomic E-state index is -3.10. The summed E-state index contributed by atoms with van der Waals surface area (Å²) in [6.45, 7) is 14.9. The predicted molar refractivity (Wildman–Crippen MR) is 122 cm³/mol. The van der Waals surface area contributed by atoms with Gasteiger partial charge in [0.2, 0.25) is 0 Å². The molecule has 0 amide bonds. The molecule has 0 saturated carbocycles. The first kappa shape index (κ1) is 27.2. The van der Waals surface area contributed by atoms with E-state index < -0.39 is 17.6 Å². The molecule has 0 saturated heterocycles. The Balaban J connectivity index is 3.27. The molecule has 0 aliphatic carbocycles. The summed E-state index contributed by atoms with van der Waals surface area (Å²) in [5, 5.41) is 0.851. The van der Waals surface area contributed by atoms with Gasteiger partial charge in [-0.05, 0) is 65.7 Å². The van der Waals surface area contributed by atoms with Gasteiger partial charge in [0, 0.05) is 45.7 Å². The van der Waals surface area contributed by atoms with E-state index >= 15 is 0 Å². The standard InChI is InChI=1S/C21H40O7Si2/c1-8-23-29(24-9-2,25-10-3)17-16-19-14-15-20(22-7)21(18-19)30(26-11-4,27-12-5)28-13-6/h14-15,18H,8-13,16-17H2,1-7H3. The summed E-state index contributed by atoms with van der Waals surface area (Å²) in [5.74, 6) is 0.712. The van der Waals surface area contributed by atoms with Crippen molar-refractivity contribution in [2.24, 2.45) is 0 Å². The van der Waals surface area contributed by atoms with Crippen molar-refractivity contribution in [3.05, 3.63) is 23.8 Å². The van der Waals surface area contributed by atoms with Crippen LogP contribution < -0.4 is 9.92 Å². The Morgan fingerprint density at radius 1 is 0.667 bits per heavy atom. The maximum Gasteiger partial charge on any atom is 0.541 e. The molecule has 0 aliphatic rings. The molecule has 1 aromatic carbocycles. The molecule has 0 bridgehead atoms. The number of benzene rings is 1. The van der Waals surface area contributed by atoms with Crippen LogP contribution in [0.5, 0.6) is 5.75 Å². The molecule has 7 nitrogen and oxygen atoms in total. The fraction of sp³-hybridized carbons (Fsp3) is 0.714. The summed E-state index contributed by atoms with van der Waals surface area (Å²) in [7, 11) is -4.17. The van der Waals surface area contributed by atoms with Crippen LogP contribution in [0, 0.1) is 0 Å². The van der Waals surface area contributed by atoms with E-state index in [4.69, 9.17) is 31.3 Å². The van der Waals surface area contributed by atoms with Crippen molar-refractivity contribution in [1.29, 1.82) is 0 Å². The Labute approximate surface area is 184 Å². The van der Waals surface area contributed by atoms with Gasteiger partial charge >= 0.3 is 17.6 Å². The van der Waals surface area contributed by atoms with E-state index in [-0.39, 0.29) is 0 Å². The van der Waals surface area contributed by atoms with Gasteiger partial charge in [-0.2, -0.15) is 0 Å². The second-order valence-corrected chi connectivity index (χ2v) is 11.6. The molecule has 0 aromatic heterocycles. The smallest absolute Gasteiger partial charge is 0.497 e. The number of aryl methyl sites for hydroxylation is 1. The second-order valence-electron chi connectivity index (χ2n) is 6.37. The summed E-state index contributed by atoms with van der Waals surface area (Å²) >= 11 is 0. The lowest BCUT2D eigenvalue weighted by Crippen LogP contribution is -2.57. The summed E-state index contributed by atoms with van der Waals surface area (Å²) in [6.07, 6.45) is 0.748. The predicted octanol–water partition coefficient (Wildman–Crippen LogP) is 3.54. The van der Waals surface area contributed by atoms with Gasteiger partial charge in [0.25, 0.3) is 0 Å². The number of methoxy groups -OCH3 is 1. The maximum atomic E-state index is 6.10. The third-order valence-corrected chi connectivity index (χ3v) is 10.5. The van der Waals surface area contributed by atoms with E-state index in [1.54, 1.807) is 7.11 Å². The molecule has 0 spiro atoms. The summed E-state index contributed by atoms with van der Waals surface area (Å²) in [4.78, 5) is 0. The highest BCUT2D eigenvalue weighted by Crippen LogP contribution is 2.23. The first-order valence-corrected chi connectivity index (χ1v) is 14.7. The quantitative estimate of drug-likeness (QED) is 0.329. The summed E-state index contributed by atoms with van der Waals surface area (Å²) in [6, 6.07) is 6.78. The molecule has 1 aromatic rings. The van der Waals surface area contributed by atoms with Crippen LogP contribution in [0.1, 0.15) is 47.1 Å². The molecule has 0 unspecified atom stereocenters. The van der Waals surface area contributed by atoms with Crippen LogP contribution in [0.3, 0.4) is 0 Å². The first-order chi connectivity index (χ1) is 14.5. The Kier molecular flexibility index (Phi) is 13.0. The lowest BCUT2D eigenvalue weighted by Gasteiger charge is -2.30. The van der Waals surface area contributed by atoms with Crippen molar-refractivity contribution in [1.82, 2.24) is 0 Å². The zero-order valence-electron chi connectivity index (χ0n) is 19.7. The van der Waals surface area contributed by atoms with Gasteiger partial charge in [-0.25, -0.2) is 0 Å². The Hall–Kier alpha value is -0.786. The molecule has 0 radical (unpaired) electrons. The van der Waals surface area contributed by atoms with Crippen molar-refractivity contribution in [3.8, 4) is 5.75 Å². The molecule has 0 aliphatic heterocycles. The second kappa shape index (κ2) is 14.3.